The van der Waals surface area contributed by atoms with Gasteiger partial charge in [0.25, 0.3) is 0 Å². The van der Waals surface area contributed by atoms with Gasteiger partial charge in [0.1, 0.15) is 5.82 Å². The third-order valence-corrected chi connectivity index (χ3v) is 4.91. The number of aromatic nitrogens is 2. The van der Waals surface area contributed by atoms with Crippen LogP contribution < -0.4 is 0 Å². The first kappa shape index (κ1) is 17.7. The van der Waals surface area contributed by atoms with Crippen LogP contribution in [0, 0.1) is 5.92 Å². The highest BCUT2D eigenvalue weighted by atomic mass is 16.5. The van der Waals surface area contributed by atoms with Crippen LogP contribution in [-0.2, 0) is 22.6 Å². The Balaban J connectivity index is 1.66. The van der Waals surface area contributed by atoms with Gasteiger partial charge in [-0.25, -0.2) is 4.98 Å². The van der Waals surface area contributed by atoms with Crippen molar-refractivity contribution >= 4 is 5.91 Å². The molecule has 25 heavy (non-hydrogen) atoms. The molecule has 3 rings (SSSR count). The molecule has 1 amide bonds. The normalized spacial score (nSPS) is 20.4. The topological polar surface area (TPSA) is 47.4 Å². The van der Waals surface area contributed by atoms with Crippen LogP contribution in [0.2, 0.25) is 0 Å². The second-order valence-electron chi connectivity index (χ2n) is 6.72. The largest absolute Gasteiger partial charge is 0.377 e. The van der Waals surface area contributed by atoms with Crippen molar-refractivity contribution in [3.63, 3.8) is 0 Å². The van der Waals surface area contributed by atoms with Crippen LogP contribution in [0.3, 0.4) is 0 Å². The Labute approximate surface area is 149 Å². The van der Waals surface area contributed by atoms with E-state index in [2.05, 4.69) is 28.6 Å². The first-order valence-corrected chi connectivity index (χ1v) is 9.09. The number of rotatable bonds is 6. The van der Waals surface area contributed by atoms with E-state index in [-0.39, 0.29) is 17.9 Å². The van der Waals surface area contributed by atoms with Crippen LogP contribution in [0.5, 0.6) is 0 Å². The SMILES string of the molecule is CC[C@@H]1OCCC[C@@H]1C(=O)N(C)Cc1nccn1Cc1ccccc1. The molecule has 1 saturated heterocycles. The predicted octanol–water partition coefficient (Wildman–Crippen LogP) is 3.10. The number of amides is 1. The van der Waals surface area contributed by atoms with E-state index in [1.165, 1.54) is 5.56 Å². The molecule has 0 saturated carbocycles. The maximum atomic E-state index is 12.9. The highest BCUT2D eigenvalue weighted by molar-refractivity contribution is 5.79. The summed E-state index contributed by atoms with van der Waals surface area (Å²) in [5, 5.41) is 0. The molecule has 1 fully saturated rings. The zero-order chi connectivity index (χ0) is 17.6. The Morgan fingerprint density at radius 3 is 2.92 bits per heavy atom. The molecule has 1 aliphatic heterocycles. The maximum Gasteiger partial charge on any atom is 0.228 e. The van der Waals surface area contributed by atoms with Gasteiger partial charge in [-0.05, 0) is 24.8 Å². The summed E-state index contributed by atoms with van der Waals surface area (Å²) in [5.74, 6) is 1.05. The van der Waals surface area contributed by atoms with Gasteiger partial charge in [0, 0.05) is 32.6 Å². The molecule has 1 aromatic heterocycles. The summed E-state index contributed by atoms with van der Waals surface area (Å²) in [6, 6.07) is 10.3. The van der Waals surface area contributed by atoms with Gasteiger partial charge in [-0.1, -0.05) is 37.3 Å². The second kappa shape index (κ2) is 8.30. The Morgan fingerprint density at radius 2 is 2.16 bits per heavy atom. The van der Waals surface area contributed by atoms with Gasteiger partial charge in [0.15, 0.2) is 0 Å². The summed E-state index contributed by atoms with van der Waals surface area (Å²) in [7, 11) is 1.87. The number of nitrogens with zero attached hydrogens (tertiary/aromatic N) is 3. The zero-order valence-electron chi connectivity index (χ0n) is 15.1. The van der Waals surface area contributed by atoms with E-state index in [1.807, 2.05) is 31.4 Å². The average molecular weight is 341 g/mol. The molecule has 2 aromatic rings. The summed E-state index contributed by atoms with van der Waals surface area (Å²) in [5.41, 5.74) is 1.22. The molecule has 0 radical (unpaired) electrons. The molecule has 5 nitrogen and oxygen atoms in total. The molecule has 134 valence electrons. The number of benzene rings is 1. The second-order valence-corrected chi connectivity index (χ2v) is 6.72. The summed E-state index contributed by atoms with van der Waals surface area (Å²) >= 11 is 0. The fraction of sp³-hybridized carbons (Fsp3) is 0.500. The Morgan fingerprint density at radius 1 is 1.36 bits per heavy atom. The molecule has 0 N–H and O–H groups in total. The maximum absolute atomic E-state index is 12.9. The predicted molar refractivity (Wildman–Crippen MR) is 97.0 cm³/mol. The number of ether oxygens (including phenoxy) is 1. The fourth-order valence-electron chi connectivity index (χ4n) is 3.51. The summed E-state index contributed by atoms with van der Waals surface area (Å²) in [6.07, 6.45) is 6.58. The third kappa shape index (κ3) is 4.28. The zero-order valence-corrected chi connectivity index (χ0v) is 15.1. The van der Waals surface area contributed by atoms with Gasteiger partial charge in [-0.2, -0.15) is 0 Å². The van der Waals surface area contributed by atoms with Crippen molar-refractivity contribution in [1.29, 1.82) is 0 Å². The highest BCUT2D eigenvalue weighted by Crippen LogP contribution is 2.25. The molecule has 2 heterocycles. The Kier molecular flexibility index (Phi) is 5.87. The van der Waals surface area contributed by atoms with Gasteiger partial charge in [-0.3, -0.25) is 4.79 Å². The van der Waals surface area contributed by atoms with E-state index in [1.54, 1.807) is 11.1 Å². The lowest BCUT2D eigenvalue weighted by molar-refractivity contribution is -0.144. The average Bonchev–Trinajstić information content (AvgIpc) is 3.08. The van der Waals surface area contributed by atoms with Crippen molar-refractivity contribution in [1.82, 2.24) is 14.5 Å². The van der Waals surface area contributed by atoms with Crippen molar-refractivity contribution in [3.8, 4) is 0 Å². The van der Waals surface area contributed by atoms with Crippen LogP contribution in [0.4, 0.5) is 0 Å². The minimum absolute atomic E-state index is 0.0266. The van der Waals surface area contributed by atoms with Gasteiger partial charge in [-0.15, -0.1) is 0 Å². The smallest absolute Gasteiger partial charge is 0.228 e. The number of hydrogen-bond donors (Lipinski definition) is 0. The van der Waals surface area contributed by atoms with E-state index in [4.69, 9.17) is 4.74 Å². The van der Waals surface area contributed by atoms with Gasteiger partial charge in [0.05, 0.1) is 18.6 Å². The van der Waals surface area contributed by atoms with Crippen molar-refractivity contribution in [2.75, 3.05) is 13.7 Å². The number of hydrogen-bond acceptors (Lipinski definition) is 3. The molecule has 0 spiro atoms. The standard InChI is InChI=1S/C20H27N3O2/c1-3-18-17(10-7-13-25-18)20(24)22(2)15-19-21-11-12-23(19)14-16-8-5-4-6-9-16/h4-6,8-9,11-12,17-18H,3,7,10,13-15H2,1-2H3/t17-,18-/m0/s1. The minimum Gasteiger partial charge on any atom is -0.377 e. The Bertz CT molecular complexity index is 683. The highest BCUT2D eigenvalue weighted by Gasteiger charge is 2.32. The molecular weight excluding hydrogens is 314 g/mol. The first-order chi connectivity index (χ1) is 12.2. The molecule has 5 heteroatoms. The fourth-order valence-corrected chi connectivity index (χ4v) is 3.51. The van der Waals surface area contributed by atoms with E-state index in [9.17, 15) is 4.79 Å². The molecule has 1 aromatic carbocycles. The van der Waals surface area contributed by atoms with Gasteiger partial charge < -0.3 is 14.2 Å². The molecule has 0 aliphatic carbocycles. The molecule has 0 unspecified atom stereocenters. The van der Waals surface area contributed by atoms with Crippen LogP contribution in [0.15, 0.2) is 42.7 Å². The van der Waals surface area contributed by atoms with E-state index < -0.39 is 0 Å². The van der Waals surface area contributed by atoms with Gasteiger partial charge in [0.2, 0.25) is 5.91 Å². The Hall–Kier alpha value is -2.14. The summed E-state index contributed by atoms with van der Waals surface area (Å²) in [4.78, 5) is 19.1. The van der Waals surface area contributed by atoms with Crippen molar-refractivity contribution in [2.24, 2.45) is 5.92 Å². The number of carbonyl (C=O) groups excluding carboxylic acids is 1. The monoisotopic (exact) mass is 341 g/mol. The van der Waals surface area contributed by atoms with E-state index in [0.29, 0.717) is 6.54 Å². The van der Waals surface area contributed by atoms with Crippen LogP contribution >= 0.6 is 0 Å². The first-order valence-electron chi connectivity index (χ1n) is 9.09. The van der Waals surface area contributed by atoms with E-state index >= 15 is 0 Å². The van der Waals surface area contributed by atoms with Crippen LogP contribution in [-0.4, -0.2) is 40.1 Å². The van der Waals surface area contributed by atoms with Crippen molar-refractivity contribution in [2.45, 2.75) is 45.4 Å². The van der Waals surface area contributed by atoms with Crippen LogP contribution in [0.25, 0.3) is 0 Å². The van der Waals surface area contributed by atoms with E-state index in [0.717, 1.165) is 38.2 Å². The lowest BCUT2D eigenvalue weighted by Crippen LogP contribution is -2.42. The molecule has 1 aliphatic rings. The lowest BCUT2D eigenvalue weighted by Gasteiger charge is -2.32. The lowest BCUT2D eigenvalue weighted by atomic mass is 9.91. The van der Waals surface area contributed by atoms with Crippen molar-refractivity contribution < 1.29 is 9.53 Å². The van der Waals surface area contributed by atoms with Crippen molar-refractivity contribution in [3.05, 3.63) is 54.1 Å². The molecule has 2 atom stereocenters. The molecular formula is C20H27N3O2. The van der Waals surface area contributed by atoms with Crippen LogP contribution in [0.1, 0.15) is 37.6 Å². The van der Waals surface area contributed by atoms with Gasteiger partial charge >= 0.3 is 0 Å². The quantitative estimate of drug-likeness (QED) is 0.811. The number of carbonyl (C=O) groups is 1. The minimum atomic E-state index is -0.0266. The summed E-state index contributed by atoms with van der Waals surface area (Å²) < 4.78 is 7.89. The summed E-state index contributed by atoms with van der Waals surface area (Å²) in [6.45, 7) is 4.14. The molecule has 0 bridgehead atoms. The third-order valence-electron chi connectivity index (χ3n) is 4.91. The number of imidazole rings is 1.